The summed E-state index contributed by atoms with van der Waals surface area (Å²) in [6, 6.07) is 14.7. The number of nitrogens with zero attached hydrogens (tertiary/aromatic N) is 1. The van der Waals surface area contributed by atoms with Gasteiger partial charge in [0.15, 0.2) is 0 Å². The van der Waals surface area contributed by atoms with E-state index in [1.807, 2.05) is 18.2 Å². The molecule has 0 saturated heterocycles. The Balaban J connectivity index is 1.73. The summed E-state index contributed by atoms with van der Waals surface area (Å²) in [5.41, 5.74) is 5.13. The normalized spacial score (nSPS) is 13.2. The lowest BCUT2D eigenvalue weighted by atomic mass is 10.1. The topological polar surface area (TPSA) is 24.5 Å². The maximum atomic E-state index is 5.38. The van der Waals surface area contributed by atoms with Crippen LogP contribution in [0.15, 0.2) is 42.5 Å². The van der Waals surface area contributed by atoms with E-state index in [9.17, 15) is 0 Å². The molecule has 20 heavy (non-hydrogen) atoms. The summed E-state index contributed by atoms with van der Waals surface area (Å²) in [7, 11) is 3.86. The molecule has 0 radical (unpaired) electrons. The monoisotopic (exact) mass is 268 g/mol. The number of hydrogen-bond donors (Lipinski definition) is 1. The first-order valence-corrected chi connectivity index (χ1v) is 6.98. The van der Waals surface area contributed by atoms with Gasteiger partial charge in [0.1, 0.15) is 5.75 Å². The van der Waals surface area contributed by atoms with Crippen LogP contribution in [0.25, 0.3) is 0 Å². The molecular weight excluding hydrogens is 248 g/mol. The molecule has 0 fully saturated rings. The Morgan fingerprint density at radius 1 is 1.20 bits per heavy atom. The van der Waals surface area contributed by atoms with E-state index < -0.39 is 0 Å². The smallest absolute Gasteiger partial charge is 0.123 e. The lowest BCUT2D eigenvalue weighted by Crippen LogP contribution is -2.12. The van der Waals surface area contributed by atoms with Crippen LogP contribution in [0.5, 0.6) is 5.75 Å². The summed E-state index contributed by atoms with van der Waals surface area (Å²) in [5.74, 6) is 0.931. The minimum absolute atomic E-state index is 0.776. The van der Waals surface area contributed by atoms with Crippen molar-refractivity contribution >= 4 is 11.4 Å². The van der Waals surface area contributed by atoms with E-state index in [0.29, 0.717) is 0 Å². The molecule has 0 bridgehead atoms. The number of hydrogen-bond acceptors (Lipinski definition) is 3. The number of likely N-dealkylation sites (N-methyl/N-ethyl adjacent to an activating group) is 1. The van der Waals surface area contributed by atoms with Crippen molar-refractivity contribution in [3.8, 4) is 5.75 Å². The van der Waals surface area contributed by atoms with Crippen LogP contribution in [0.4, 0.5) is 11.4 Å². The number of fused-ring (bicyclic) bond motifs is 1. The Bertz CT molecular complexity index is 610. The van der Waals surface area contributed by atoms with E-state index in [-0.39, 0.29) is 0 Å². The molecule has 3 nitrogen and oxygen atoms in total. The van der Waals surface area contributed by atoms with Gasteiger partial charge in [-0.1, -0.05) is 18.2 Å². The lowest BCUT2D eigenvalue weighted by Gasteiger charge is -2.14. The fourth-order valence-corrected chi connectivity index (χ4v) is 2.72. The second-order valence-electron chi connectivity index (χ2n) is 5.18. The molecule has 0 aliphatic carbocycles. The summed E-state index contributed by atoms with van der Waals surface area (Å²) in [5, 5.41) is 3.48. The Morgan fingerprint density at radius 2 is 2.05 bits per heavy atom. The van der Waals surface area contributed by atoms with Crippen molar-refractivity contribution in [1.29, 1.82) is 0 Å². The molecule has 0 atom stereocenters. The zero-order valence-corrected chi connectivity index (χ0v) is 12.0. The zero-order valence-electron chi connectivity index (χ0n) is 12.0. The van der Waals surface area contributed by atoms with Crippen LogP contribution < -0.4 is 15.0 Å². The van der Waals surface area contributed by atoms with Gasteiger partial charge in [-0.2, -0.15) is 0 Å². The maximum Gasteiger partial charge on any atom is 0.123 e. The highest BCUT2D eigenvalue weighted by atomic mass is 16.5. The van der Waals surface area contributed by atoms with Gasteiger partial charge in [-0.25, -0.2) is 0 Å². The van der Waals surface area contributed by atoms with Crippen molar-refractivity contribution in [1.82, 2.24) is 0 Å². The maximum absolute atomic E-state index is 5.38. The highest BCUT2D eigenvalue weighted by Crippen LogP contribution is 2.29. The average Bonchev–Trinajstić information content (AvgIpc) is 2.86. The highest BCUT2D eigenvalue weighted by Gasteiger charge is 2.15. The molecule has 3 heteroatoms. The molecule has 0 unspecified atom stereocenters. The number of para-hydroxylation sites is 1. The van der Waals surface area contributed by atoms with E-state index in [1.54, 1.807) is 7.11 Å². The van der Waals surface area contributed by atoms with E-state index in [0.717, 1.165) is 25.3 Å². The van der Waals surface area contributed by atoms with Gasteiger partial charge >= 0.3 is 0 Å². The fraction of sp³-hybridized carbons (Fsp3) is 0.294. The van der Waals surface area contributed by atoms with Crippen LogP contribution >= 0.6 is 0 Å². The first kappa shape index (κ1) is 12.9. The van der Waals surface area contributed by atoms with E-state index in [1.165, 1.54) is 22.5 Å². The van der Waals surface area contributed by atoms with Crippen molar-refractivity contribution in [2.24, 2.45) is 0 Å². The third kappa shape index (κ3) is 2.44. The third-order valence-electron chi connectivity index (χ3n) is 3.88. The van der Waals surface area contributed by atoms with Crippen LogP contribution in [0, 0.1) is 0 Å². The number of methoxy groups -OCH3 is 1. The molecule has 2 aromatic rings. The van der Waals surface area contributed by atoms with Crippen LogP contribution in [0.2, 0.25) is 0 Å². The minimum Gasteiger partial charge on any atom is -0.496 e. The molecule has 1 heterocycles. The first-order chi connectivity index (χ1) is 9.78. The second kappa shape index (κ2) is 5.45. The van der Waals surface area contributed by atoms with Gasteiger partial charge in [0.25, 0.3) is 0 Å². The zero-order chi connectivity index (χ0) is 13.9. The van der Waals surface area contributed by atoms with Crippen LogP contribution in [0.1, 0.15) is 11.1 Å². The number of ether oxygens (including phenoxy) is 1. The van der Waals surface area contributed by atoms with Gasteiger partial charge < -0.3 is 15.0 Å². The first-order valence-electron chi connectivity index (χ1n) is 6.98. The van der Waals surface area contributed by atoms with Crippen molar-refractivity contribution < 1.29 is 4.74 Å². The Morgan fingerprint density at radius 3 is 2.90 bits per heavy atom. The molecule has 104 valence electrons. The standard InChI is InChI=1S/C17H20N2O/c1-19-10-9-13-11-15(7-8-16(13)19)18-12-14-5-3-4-6-17(14)20-2/h3-8,11,18H,9-10,12H2,1-2H3. The summed E-state index contributed by atoms with van der Waals surface area (Å²) >= 11 is 0. The molecule has 1 aliphatic heterocycles. The molecule has 0 amide bonds. The Hall–Kier alpha value is -2.16. The lowest BCUT2D eigenvalue weighted by molar-refractivity contribution is 0.410. The van der Waals surface area contributed by atoms with Gasteiger partial charge in [-0.3, -0.25) is 0 Å². The van der Waals surface area contributed by atoms with Gasteiger partial charge in [-0.15, -0.1) is 0 Å². The molecule has 0 spiro atoms. The van der Waals surface area contributed by atoms with Gasteiger partial charge in [-0.05, 0) is 36.2 Å². The molecule has 2 aromatic carbocycles. The summed E-state index contributed by atoms with van der Waals surface area (Å²) < 4.78 is 5.38. The summed E-state index contributed by atoms with van der Waals surface area (Å²) in [4.78, 5) is 2.30. The average molecular weight is 268 g/mol. The minimum atomic E-state index is 0.776. The number of anilines is 2. The van der Waals surface area contributed by atoms with Gasteiger partial charge in [0.2, 0.25) is 0 Å². The van der Waals surface area contributed by atoms with Crippen LogP contribution in [0.3, 0.4) is 0 Å². The van der Waals surface area contributed by atoms with Crippen molar-refractivity contribution in [3.63, 3.8) is 0 Å². The van der Waals surface area contributed by atoms with Crippen molar-refractivity contribution in [3.05, 3.63) is 53.6 Å². The Kier molecular flexibility index (Phi) is 3.50. The number of rotatable bonds is 4. The molecule has 1 N–H and O–H groups in total. The van der Waals surface area contributed by atoms with Gasteiger partial charge in [0, 0.05) is 37.1 Å². The summed E-state index contributed by atoms with van der Waals surface area (Å²) in [6.45, 7) is 1.89. The predicted octanol–water partition coefficient (Wildman–Crippen LogP) is 3.30. The van der Waals surface area contributed by atoms with E-state index in [4.69, 9.17) is 4.74 Å². The Labute approximate surface area is 120 Å². The largest absolute Gasteiger partial charge is 0.496 e. The second-order valence-corrected chi connectivity index (χ2v) is 5.18. The van der Waals surface area contributed by atoms with Gasteiger partial charge in [0.05, 0.1) is 7.11 Å². The molecule has 1 aliphatic rings. The molecule has 0 aromatic heterocycles. The molecule has 0 saturated carbocycles. The molecular formula is C17H20N2O. The number of benzene rings is 2. The predicted molar refractivity (Wildman–Crippen MR) is 83.7 cm³/mol. The highest BCUT2D eigenvalue weighted by molar-refractivity contribution is 5.63. The van der Waals surface area contributed by atoms with E-state index >= 15 is 0 Å². The van der Waals surface area contributed by atoms with E-state index in [2.05, 4.69) is 41.5 Å². The van der Waals surface area contributed by atoms with Crippen LogP contribution in [-0.4, -0.2) is 20.7 Å². The van der Waals surface area contributed by atoms with Crippen molar-refractivity contribution in [2.45, 2.75) is 13.0 Å². The third-order valence-corrected chi connectivity index (χ3v) is 3.88. The number of nitrogens with one attached hydrogen (secondary N) is 1. The van der Waals surface area contributed by atoms with Crippen molar-refractivity contribution in [2.75, 3.05) is 30.9 Å². The summed E-state index contributed by atoms with van der Waals surface area (Å²) in [6.07, 6.45) is 1.13. The quantitative estimate of drug-likeness (QED) is 0.920. The SMILES string of the molecule is COc1ccccc1CNc1ccc2c(c1)CCN2C. The van der Waals surface area contributed by atoms with Crippen LogP contribution in [-0.2, 0) is 13.0 Å². The molecule has 3 rings (SSSR count). The fourth-order valence-electron chi connectivity index (χ4n) is 2.72.